The van der Waals surface area contributed by atoms with Crippen LogP contribution in [0.4, 0.5) is 4.39 Å². The van der Waals surface area contributed by atoms with Crippen LogP contribution in [0.3, 0.4) is 0 Å². The molecule has 1 aliphatic heterocycles. The summed E-state index contributed by atoms with van der Waals surface area (Å²) in [5.41, 5.74) is -0.621. The number of hydrogen-bond donors (Lipinski definition) is 2. The van der Waals surface area contributed by atoms with Crippen LogP contribution in [-0.2, 0) is 6.42 Å². The zero-order chi connectivity index (χ0) is 12.3. The van der Waals surface area contributed by atoms with Gasteiger partial charge in [0, 0.05) is 12.5 Å². The van der Waals surface area contributed by atoms with E-state index in [0.29, 0.717) is 5.56 Å². The Kier molecular flexibility index (Phi) is 3.67. The van der Waals surface area contributed by atoms with Crippen molar-refractivity contribution in [2.75, 3.05) is 6.54 Å². The lowest BCUT2D eigenvalue weighted by Gasteiger charge is -2.34. The standard InChI is InChI=1S/C14H20FNO/c1-14(15,13-8-4-5-9-16-13)10-11-6-2-3-7-12(11)17/h2-3,6-7,13,16-17H,4-5,8-10H2,1H3. The fourth-order valence-corrected chi connectivity index (χ4v) is 2.52. The van der Waals surface area contributed by atoms with Gasteiger partial charge >= 0.3 is 0 Å². The van der Waals surface area contributed by atoms with E-state index >= 15 is 0 Å². The van der Waals surface area contributed by atoms with Crippen molar-refractivity contribution >= 4 is 0 Å². The Hall–Kier alpha value is -1.09. The van der Waals surface area contributed by atoms with Gasteiger partial charge in [-0.25, -0.2) is 4.39 Å². The third kappa shape index (κ3) is 2.97. The maximum atomic E-state index is 14.7. The van der Waals surface area contributed by atoms with Gasteiger partial charge in [-0.3, -0.25) is 0 Å². The van der Waals surface area contributed by atoms with Crippen molar-refractivity contribution in [2.24, 2.45) is 0 Å². The second kappa shape index (κ2) is 5.05. The molecule has 2 rings (SSSR count). The van der Waals surface area contributed by atoms with Crippen LogP contribution in [-0.4, -0.2) is 23.4 Å². The van der Waals surface area contributed by atoms with E-state index in [-0.39, 0.29) is 18.2 Å². The first-order valence-corrected chi connectivity index (χ1v) is 6.29. The van der Waals surface area contributed by atoms with Crippen molar-refractivity contribution in [1.82, 2.24) is 5.32 Å². The van der Waals surface area contributed by atoms with E-state index in [0.717, 1.165) is 25.8 Å². The topological polar surface area (TPSA) is 32.3 Å². The van der Waals surface area contributed by atoms with Crippen molar-refractivity contribution in [3.05, 3.63) is 29.8 Å². The highest BCUT2D eigenvalue weighted by atomic mass is 19.1. The first-order valence-electron chi connectivity index (χ1n) is 6.29. The van der Waals surface area contributed by atoms with Crippen molar-refractivity contribution in [2.45, 2.75) is 44.3 Å². The van der Waals surface area contributed by atoms with Crippen LogP contribution in [0.1, 0.15) is 31.7 Å². The van der Waals surface area contributed by atoms with Gasteiger partial charge in [0.2, 0.25) is 0 Å². The molecule has 1 fully saturated rings. The molecule has 0 bridgehead atoms. The smallest absolute Gasteiger partial charge is 0.127 e. The summed E-state index contributed by atoms with van der Waals surface area (Å²) in [5, 5.41) is 12.9. The number of benzene rings is 1. The number of piperidine rings is 1. The lowest BCUT2D eigenvalue weighted by atomic mass is 9.86. The van der Waals surface area contributed by atoms with Crippen LogP contribution in [0.2, 0.25) is 0 Å². The highest BCUT2D eigenvalue weighted by molar-refractivity contribution is 5.33. The summed E-state index contributed by atoms with van der Waals surface area (Å²) in [7, 11) is 0. The number of rotatable bonds is 3. The zero-order valence-electron chi connectivity index (χ0n) is 10.2. The van der Waals surface area contributed by atoms with Crippen LogP contribution in [0, 0.1) is 0 Å². The molecule has 0 aromatic heterocycles. The molecule has 0 spiro atoms. The van der Waals surface area contributed by atoms with E-state index in [1.165, 1.54) is 0 Å². The Morgan fingerprint density at radius 2 is 2.18 bits per heavy atom. The fraction of sp³-hybridized carbons (Fsp3) is 0.571. The second-order valence-electron chi connectivity index (χ2n) is 5.09. The third-order valence-electron chi connectivity index (χ3n) is 3.56. The molecule has 1 aromatic carbocycles. The quantitative estimate of drug-likeness (QED) is 0.847. The molecule has 17 heavy (non-hydrogen) atoms. The Morgan fingerprint density at radius 3 is 2.82 bits per heavy atom. The van der Waals surface area contributed by atoms with Gasteiger partial charge in [-0.2, -0.15) is 0 Å². The van der Waals surface area contributed by atoms with Gasteiger partial charge in [-0.15, -0.1) is 0 Å². The van der Waals surface area contributed by atoms with Crippen molar-refractivity contribution in [1.29, 1.82) is 0 Å². The van der Waals surface area contributed by atoms with Gasteiger partial charge in [-0.1, -0.05) is 24.6 Å². The Labute approximate surface area is 102 Å². The number of para-hydroxylation sites is 1. The predicted octanol–water partition coefficient (Wildman–Crippen LogP) is 2.81. The van der Waals surface area contributed by atoms with E-state index in [2.05, 4.69) is 5.32 Å². The summed E-state index contributed by atoms with van der Waals surface area (Å²) in [4.78, 5) is 0. The molecule has 2 N–H and O–H groups in total. The van der Waals surface area contributed by atoms with Gasteiger partial charge in [0.25, 0.3) is 0 Å². The molecule has 2 nitrogen and oxygen atoms in total. The number of alkyl halides is 1. The minimum atomic E-state index is -1.31. The first-order chi connectivity index (χ1) is 8.09. The first kappa shape index (κ1) is 12.4. The largest absolute Gasteiger partial charge is 0.508 e. The molecule has 94 valence electrons. The van der Waals surface area contributed by atoms with E-state index in [4.69, 9.17) is 0 Å². The average molecular weight is 237 g/mol. The molecule has 0 aliphatic carbocycles. The lowest BCUT2D eigenvalue weighted by Crippen LogP contribution is -2.49. The van der Waals surface area contributed by atoms with Gasteiger partial charge in [-0.05, 0) is 37.9 Å². The Morgan fingerprint density at radius 1 is 1.41 bits per heavy atom. The third-order valence-corrected chi connectivity index (χ3v) is 3.56. The number of hydrogen-bond acceptors (Lipinski definition) is 2. The monoisotopic (exact) mass is 237 g/mol. The van der Waals surface area contributed by atoms with Gasteiger partial charge < -0.3 is 10.4 Å². The second-order valence-corrected chi connectivity index (χ2v) is 5.09. The SMILES string of the molecule is CC(F)(Cc1ccccc1O)C1CCCCN1. The number of nitrogens with one attached hydrogen (secondary N) is 1. The maximum absolute atomic E-state index is 14.7. The molecule has 1 aromatic rings. The molecule has 0 saturated carbocycles. The molecule has 0 radical (unpaired) electrons. The normalized spacial score (nSPS) is 24.2. The zero-order valence-corrected chi connectivity index (χ0v) is 10.2. The minimum absolute atomic E-state index is 0.101. The number of phenolic OH excluding ortho intramolecular Hbond substituents is 1. The Bertz CT molecular complexity index is 372. The summed E-state index contributed by atoms with van der Waals surface area (Å²) in [6.45, 7) is 2.52. The predicted molar refractivity (Wildman–Crippen MR) is 67.0 cm³/mol. The average Bonchev–Trinajstić information content (AvgIpc) is 2.33. The molecule has 1 aliphatic rings. The molecular weight excluding hydrogens is 217 g/mol. The summed E-state index contributed by atoms with van der Waals surface area (Å²) >= 11 is 0. The van der Waals surface area contributed by atoms with Crippen molar-refractivity contribution in [3.8, 4) is 5.75 Å². The lowest BCUT2D eigenvalue weighted by molar-refractivity contribution is 0.108. The molecule has 2 unspecified atom stereocenters. The molecule has 1 heterocycles. The Balaban J connectivity index is 2.08. The van der Waals surface area contributed by atoms with Crippen LogP contribution in [0.5, 0.6) is 5.75 Å². The number of aromatic hydroxyl groups is 1. The van der Waals surface area contributed by atoms with Gasteiger partial charge in [0.05, 0.1) is 0 Å². The fourth-order valence-electron chi connectivity index (χ4n) is 2.52. The maximum Gasteiger partial charge on any atom is 0.127 e. The van der Waals surface area contributed by atoms with Crippen LogP contribution < -0.4 is 5.32 Å². The van der Waals surface area contributed by atoms with Gasteiger partial charge in [0.1, 0.15) is 11.4 Å². The van der Waals surface area contributed by atoms with Crippen LogP contribution in [0.25, 0.3) is 0 Å². The number of halogens is 1. The molecule has 2 atom stereocenters. The van der Waals surface area contributed by atoms with E-state index in [1.807, 2.05) is 6.07 Å². The van der Waals surface area contributed by atoms with Crippen LogP contribution >= 0.6 is 0 Å². The molecule has 1 saturated heterocycles. The van der Waals surface area contributed by atoms with E-state index in [1.54, 1.807) is 25.1 Å². The van der Waals surface area contributed by atoms with E-state index < -0.39 is 5.67 Å². The molecule has 0 amide bonds. The molecule has 3 heteroatoms. The highest BCUT2D eigenvalue weighted by Gasteiger charge is 2.35. The molecular formula is C14H20FNO. The summed E-state index contributed by atoms with van der Waals surface area (Å²) in [6, 6.07) is 6.89. The van der Waals surface area contributed by atoms with Crippen molar-refractivity contribution in [3.63, 3.8) is 0 Å². The summed E-state index contributed by atoms with van der Waals surface area (Å²) in [6.07, 6.45) is 3.35. The van der Waals surface area contributed by atoms with Crippen LogP contribution in [0.15, 0.2) is 24.3 Å². The van der Waals surface area contributed by atoms with E-state index in [9.17, 15) is 9.50 Å². The number of phenols is 1. The minimum Gasteiger partial charge on any atom is -0.508 e. The van der Waals surface area contributed by atoms with Gasteiger partial charge in [0.15, 0.2) is 0 Å². The summed E-state index contributed by atoms with van der Waals surface area (Å²) < 4.78 is 14.7. The van der Waals surface area contributed by atoms with Crippen molar-refractivity contribution < 1.29 is 9.50 Å². The highest BCUT2D eigenvalue weighted by Crippen LogP contribution is 2.29. The summed E-state index contributed by atoms with van der Waals surface area (Å²) in [5.74, 6) is 0.187.